The number of pyridine rings is 1. The first-order valence-corrected chi connectivity index (χ1v) is 12.5. The van der Waals surface area contributed by atoms with E-state index < -0.39 is 8.67 Å². The number of aromatic nitrogens is 1. The van der Waals surface area contributed by atoms with Gasteiger partial charge in [0.05, 0.1) is 0 Å². The SMILES string of the molecule is CCC/C=C/Cc1cn(C)cc(-c2cccc(C(Cl)(Cl)C(Cl)(Cl)C/C=C/CCC)c2)c1=O. The van der Waals surface area contributed by atoms with Gasteiger partial charge in [0.25, 0.3) is 0 Å². The van der Waals surface area contributed by atoms with Crippen LogP contribution in [0.3, 0.4) is 0 Å². The van der Waals surface area contributed by atoms with E-state index in [9.17, 15) is 4.79 Å². The van der Waals surface area contributed by atoms with Crippen molar-refractivity contribution in [1.29, 1.82) is 0 Å². The molecule has 0 N–H and O–H groups in total. The monoisotopic (exact) mass is 513 g/mol. The molecule has 0 radical (unpaired) electrons. The quantitative estimate of drug-likeness (QED) is 0.217. The molecule has 2 nitrogen and oxygen atoms in total. The van der Waals surface area contributed by atoms with Gasteiger partial charge in [0.2, 0.25) is 0 Å². The van der Waals surface area contributed by atoms with Crippen molar-refractivity contribution in [3.8, 4) is 11.1 Å². The van der Waals surface area contributed by atoms with Crippen LogP contribution in [0.5, 0.6) is 0 Å². The van der Waals surface area contributed by atoms with Crippen LogP contribution in [0.4, 0.5) is 0 Å². The van der Waals surface area contributed by atoms with Gasteiger partial charge in [-0.2, -0.15) is 0 Å². The Balaban J connectivity index is 2.40. The van der Waals surface area contributed by atoms with Crippen molar-refractivity contribution in [2.75, 3.05) is 0 Å². The molecule has 174 valence electrons. The van der Waals surface area contributed by atoms with Crippen LogP contribution in [0.25, 0.3) is 11.1 Å². The normalized spacial score (nSPS) is 12.8. The summed E-state index contributed by atoms with van der Waals surface area (Å²) < 4.78 is -1.10. The van der Waals surface area contributed by atoms with Crippen molar-refractivity contribution in [2.24, 2.45) is 7.05 Å². The van der Waals surface area contributed by atoms with Crippen molar-refractivity contribution in [2.45, 2.75) is 61.0 Å². The van der Waals surface area contributed by atoms with Gasteiger partial charge in [-0.25, -0.2) is 0 Å². The molecule has 2 aromatic rings. The molecule has 0 fully saturated rings. The van der Waals surface area contributed by atoms with E-state index in [4.69, 9.17) is 46.4 Å². The third kappa shape index (κ3) is 6.90. The summed E-state index contributed by atoms with van der Waals surface area (Å²) in [4.78, 5) is 13.2. The Labute approximate surface area is 211 Å². The van der Waals surface area contributed by atoms with Crippen molar-refractivity contribution < 1.29 is 0 Å². The van der Waals surface area contributed by atoms with Gasteiger partial charge < -0.3 is 4.57 Å². The van der Waals surface area contributed by atoms with Crippen molar-refractivity contribution in [3.05, 3.63) is 82.3 Å². The van der Waals surface area contributed by atoms with Crippen molar-refractivity contribution in [1.82, 2.24) is 4.57 Å². The summed E-state index contributed by atoms with van der Waals surface area (Å²) in [6.45, 7) is 4.22. The molecule has 0 aliphatic rings. The topological polar surface area (TPSA) is 22.0 Å². The molecular formula is C26H31Cl4NO. The van der Waals surface area contributed by atoms with E-state index in [1.165, 1.54) is 0 Å². The number of benzene rings is 1. The van der Waals surface area contributed by atoms with Gasteiger partial charge in [-0.15, -0.1) is 0 Å². The highest BCUT2D eigenvalue weighted by Crippen LogP contribution is 2.52. The zero-order valence-corrected chi connectivity index (χ0v) is 21.9. The van der Waals surface area contributed by atoms with Crippen LogP contribution in [0, 0.1) is 0 Å². The number of hydrogen-bond acceptors (Lipinski definition) is 1. The van der Waals surface area contributed by atoms with E-state index in [1.807, 2.05) is 54.4 Å². The first-order chi connectivity index (χ1) is 15.1. The van der Waals surface area contributed by atoms with Crippen LogP contribution in [0.15, 0.2) is 65.8 Å². The standard InChI is InChI=1S/C26H31Cl4NO/c1-4-6-8-10-13-21-18-31(3)19-23(24(21)32)20-14-12-15-22(17-20)26(29,30)25(27,28)16-11-9-7-5-2/h8-12,14-15,17-19H,4-7,13,16H2,1-3H3/b10-8+,11-9+. The van der Waals surface area contributed by atoms with Gasteiger partial charge in [-0.3, -0.25) is 4.79 Å². The van der Waals surface area contributed by atoms with Crippen LogP contribution in [-0.2, 0) is 17.8 Å². The summed E-state index contributed by atoms with van der Waals surface area (Å²) in [5.74, 6) is 0. The highest BCUT2D eigenvalue weighted by Gasteiger charge is 2.47. The number of nitrogens with zero attached hydrogens (tertiary/aromatic N) is 1. The van der Waals surface area contributed by atoms with Crippen molar-refractivity contribution in [3.63, 3.8) is 0 Å². The van der Waals surface area contributed by atoms with E-state index in [0.717, 1.165) is 36.8 Å². The molecule has 0 atom stereocenters. The summed E-state index contributed by atoms with van der Waals surface area (Å²) in [6, 6.07) is 7.25. The Morgan fingerprint density at radius 2 is 1.59 bits per heavy atom. The molecule has 32 heavy (non-hydrogen) atoms. The molecular weight excluding hydrogens is 484 g/mol. The minimum Gasteiger partial charge on any atom is -0.356 e. The molecule has 0 saturated heterocycles. The van der Waals surface area contributed by atoms with Gasteiger partial charge in [-0.05, 0) is 36.5 Å². The minimum absolute atomic E-state index is 0.0124. The fraction of sp³-hybridized carbons (Fsp3) is 0.423. The lowest BCUT2D eigenvalue weighted by Crippen LogP contribution is -2.33. The zero-order valence-electron chi connectivity index (χ0n) is 18.9. The van der Waals surface area contributed by atoms with E-state index in [2.05, 4.69) is 19.9 Å². The molecule has 0 aliphatic carbocycles. The Bertz CT molecular complexity index is 1010. The van der Waals surface area contributed by atoms with E-state index >= 15 is 0 Å². The van der Waals surface area contributed by atoms with E-state index in [1.54, 1.807) is 12.1 Å². The average molecular weight is 515 g/mol. The molecule has 0 bridgehead atoms. The number of unbranched alkanes of at least 4 members (excludes halogenated alkanes) is 2. The number of allylic oxidation sites excluding steroid dienone is 4. The van der Waals surface area contributed by atoms with Gasteiger partial charge in [0, 0.05) is 37.0 Å². The second kappa shape index (κ2) is 12.3. The number of rotatable bonds is 11. The summed E-state index contributed by atoms with van der Waals surface area (Å²) in [5, 5.41) is 0. The van der Waals surface area contributed by atoms with Crippen LogP contribution in [0.1, 0.15) is 57.1 Å². The Morgan fingerprint density at radius 3 is 2.25 bits per heavy atom. The summed E-state index contributed by atoms with van der Waals surface area (Å²) in [7, 11) is 1.91. The van der Waals surface area contributed by atoms with Crippen LogP contribution in [0.2, 0.25) is 0 Å². The minimum atomic E-state index is -1.56. The molecule has 1 aromatic heterocycles. The highest BCUT2D eigenvalue weighted by molar-refractivity contribution is 6.62. The maximum atomic E-state index is 13.2. The van der Waals surface area contributed by atoms with Gasteiger partial charge in [-0.1, -0.05) is 116 Å². The maximum absolute atomic E-state index is 13.2. The third-order valence-electron chi connectivity index (χ3n) is 5.18. The lowest BCUT2D eigenvalue weighted by atomic mass is 9.98. The number of halogens is 4. The predicted molar refractivity (Wildman–Crippen MR) is 141 cm³/mol. The maximum Gasteiger partial charge on any atom is 0.192 e. The molecule has 0 aliphatic heterocycles. The third-order valence-corrected chi connectivity index (χ3v) is 7.52. The second-order valence-electron chi connectivity index (χ2n) is 7.98. The average Bonchev–Trinajstić information content (AvgIpc) is 2.76. The lowest BCUT2D eigenvalue weighted by Gasteiger charge is -2.32. The molecule has 0 unspecified atom stereocenters. The highest BCUT2D eigenvalue weighted by atomic mass is 35.5. The molecule has 0 amide bonds. The summed E-state index contributed by atoms with van der Waals surface area (Å²) in [6.07, 6.45) is 16.7. The first kappa shape index (κ1) is 27.1. The molecule has 2 rings (SSSR count). The van der Waals surface area contributed by atoms with Gasteiger partial charge >= 0.3 is 0 Å². The van der Waals surface area contributed by atoms with Crippen LogP contribution < -0.4 is 5.43 Å². The predicted octanol–water partition coefficient (Wildman–Crippen LogP) is 8.50. The Kier molecular flexibility index (Phi) is 10.4. The number of aryl methyl sites for hydroxylation is 1. The molecule has 1 aromatic carbocycles. The Hall–Kier alpha value is -1.19. The smallest absolute Gasteiger partial charge is 0.192 e. The fourth-order valence-corrected chi connectivity index (χ4v) is 4.15. The molecule has 1 heterocycles. The lowest BCUT2D eigenvalue weighted by molar-refractivity contribution is 0.692. The van der Waals surface area contributed by atoms with Gasteiger partial charge in [0.15, 0.2) is 14.1 Å². The number of hydrogen-bond donors (Lipinski definition) is 0. The molecule has 0 saturated carbocycles. The summed E-state index contributed by atoms with van der Waals surface area (Å²) >= 11 is 26.6. The number of alkyl halides is 4. The first-order valence-electron chi connectivity index (χ1n) is 11.0. The largest absolute Gasteiger partial charge is 0.356 e. The van der Waals surface area contributed by atoms with Crippen LogP contribution in [-0.4, -0.2) is 8.90 Å². The Morgan fingerprint density at radius 1 is 0.938 bits per heavy atom. The summed E-state index contributed by atoms with van der Waals surface area (Å²) in [5.41, 5.74) is 2.57. The fourth-order valence-electron chi connectivity index (χ4n) is 3.36. The molecule has 6 heteroatoms. The van der Waals surface area contributed by atoms with Gasteiger partial charge in [0.1, 0.15) is 0 Å². The zero-order chi connectivity index (χ0) is 23.8. The van der Waals surface area contributed by atoms with E-state index in [0.29, 0.717) is 24.0 Å². The van der Waals surface area contributed by atoms with Crippen LogP contribution >= 0.6 is 46.4 Å². The molecule has 0 spiro atoms. The van der Waals surface area contributed by atoms with Crippen molar-refractivity contribution >= 4 is 46.4 Å². The van der Waals surface area contributed by atoms with E-state index in [-0.39, 0.29) is 5.43 Å². The second-order valence-corrected chi connectivity index (χ2v) is 10.8.